The molecule has 248 valence electrons. The van der Waals surface area contributed by atoms with E-state index in [1.54, 1.807) is 0 Å². The number of nitrogens with one attached hydrogen (secondary N) is 3. The number of pyridine rings is 3. The van der Waals surface area contributed by atoms with E-state index in [0.29, 0.717) is 18.7 Å². The molecule has 3 aromatic rings. The molecule has 7 heterocycles. The molecule has 46 heavy (non-hydrogen) atoms. The van der Waals surface area contributed by atoms with E-state index in [-0.39, 0.29) is 22.6 Å². The van der Waals surface area contributed by atoms with Gasteiger partial charge in [-0.2, -0.15) is 0 Å². The Morgan fingerprint density at radius 1 is 0.957 bits per heavy atom. The summed E-state index contributed by atoms with van der Waals surface area (Å²) in [6.45, 7) is 16.2. The topological polar surface area (TPSA) is 119 Å². The molecule has 0 unspecified atom stereocenters. The zero-order valence-corrected chi connectivity index (χ0v) is 27.7. The summed E-state index contributed by atoms with van der Waals surface area (Å²) in [7, 11) is 0. The lowest BCUT2D eigenvalue weighted by molar-refractivity contribution is -0.169. The minimum atomic E-state index is -0.284. The lowest BCUT2D eigenvalue weighted by Crippen LogP contribution is -2.65. The van der Waals surface area contributed by atoms with E-state index in [1.807, 2.05) is 57.4 Å². The summed E-state index contributed by atoms with van der Waals surface area (Å²) in [5.74, 6) is -0.113. The number of H-pyrrole nitrogens is 1. The summed E-state index contributed by atoms with van der Waals surface area (Å²) in [6.07, 6.45) is 8.33. The SMILES string of the molecule is CC.CCc1cc2ncc(CN3CCN(c4ccc(C(=O)NC56CCC(CN7CCNCC7)(CC5)OC6)nc4)CC3)cc2[nH]c1=O. The minimum Gasteiger partial charge on any atom is -0.371 e. The number of carbonyl (C=O) groups is 1. The van der Waals surface area contributed by atoms with Gasteiger partial charge in [-0.1, -0.05) is 20.8 Å². The van der Waals surface area contributed by atoms with Crippen molar-refractivity contribution in [2.75, 3.05) is 70.4 Å². The third-order valence-electron chi connectivity index (χ3n) is 10.2. The van der Waals surface area contributed by atoms with Crippen molar-refractivity contribution in [3.8, 4) is 0 Å². The highest BCUT2D eigenvalue weighted by molar-refractivity contribution is 5.93. The van der Waals surface area contributed by atoms with Gasteiger partial charge in [-0.05, 0) is 61.9 Å². The maximum Gasteiger partial charge on any atom is 0.270 e. The molecule has 0 spiro atoms. The molecule has 11 nitrogen and oxygen atoms in total. The van der Waals surface area contributed by atoms with Crippen LogP contribution in [-0.2, 0) is 17.7 Å². The van der Waals surface area contributed by atoms with Crippen LogP contribution in [0.25, 0.3) is 11.0 Å². The van der Waals surface area contributed by atoms with Gasteiger partial charge in [0, 0.05) is 77.2 Å². The van der Waals surface area contributed by atoms with E-state index in [0.717, 1.165) is 119 Å². The van der Waals surface area contributed by atoms with E-state index in [2.05, 4.69) is 40.3 Å². The number of anilines is 1. The van der Waals surface area contributed by atoms with Gasteiger partial charge in [0.25, 0.3) is 11.5 Å². The van der Waals surface area contributed by atoms with E-state index in [4.69, 9.17) is 4.74 Å². The Kier molecular flexibility index (Phi) is 10.0. The molecule has 0 radical (unpaired) electrons. The van der Waals surface area contributed by atoms with Gasteiger partial charge in [-0.3, -0.25) is 24.4 Å². The van der Waals surface area contributed by atoms with Crippen molar-refractivity contribution in [3.63, 3.8) is 0 Å². The van der Waals surface area contributed by atoms with Crippen molar-refractivity contribution >= 4 is 22.6 Å². The van der Waals surface area contributed by atoms with Crippen LogP contribution in [0.15, 0.2) is 41.5 Å². The molecule has 3 aromatic heterocycles. The molecule has 1 aliphatic carbocycles. The molecule has 11 heteroatoms. The predicted octanol–water partition coefficient (Wildman–Crippen LogP) is 2.95. The Labute approximate surface area is 272 Å². The molecule has 1 saturated carbocycles. The predicted molar refractivity (Wildman–Crippen MR) is 181 cm³/mol. The fraction of sp³-hybridized carbons (Fsp3) is 0.600. The fourth-order valence-electron chi connectivity index (χ4n) is 7.36. The van der Waals surface area contributed by atoms with Crippen LogP contribution in [0.3, 0.4) is 0 Å². The molecular formula is C35H50N8O3. The van der Waals surface area contributed by atoms with Crippen LogP contribution in [-0.4, -0.2) is 107 Å². The number of amides is 1. The van der Waals surface area contributed by atoms with Crippen molar-refractivity contribution in [3.05, 3.63) is 63.8 Å². The van der Waals surface area contributed by atoms with Crippen LogP contribution in [0, 0.1) is 0 Å². The average Bonchev–Trinajstić information content (AvgIpc) is 3.10. The summed E-state index contributed by atoms with van der Waals surface area (Å²) in [5, 5.41) is 6.73. The molecule has 4 saturated heterocycles. The molecular weight excluding hydrogens is 580 g/mol. The number of aromatic nitrogens is 3. The number of rotatable bonds is 8. The lowest BCUT2D eigenvalue weighted by Gasteiger charge is -2.54. The first kappa shape index (κ1) is 32.6. The number of aryl methyl sites for hydroxylation is 1. The zero-order valence-electron chi connectivity index (χ0n) is 27.7. The van der Waals surface area contributed by atoms with E-state index < -0.39 is 0 Å². The molecule has 3 N–H and O–H groups in total. The maximum atomic E-state index is 13.2. The van der Waals surface area contributed by atoms with E-state index in [1.165, 1.54) is 0 Å². The largest absolute Gasteiger partial charge is 0.371 e. The van der Waals surface area contributed by atoms with Gasteiger partial charge in [-0.25, -0.2) is 4.98 Å². The molecule has 5 aliphatic rings. The van der Waals surface area contributed by atoms with Crippen LogP contribution in [0.5, 0.6) is 0 Å². The number of carbonyl (C=O) groups excluding carboxylic acids is 1. The second-order valence-corrected chi connectivity index (χ2v) is 13.2. The second kappa shape index (κ2) is 14.2. The number of hydrogen-bond acceptors (Lipinski definition) is 9. The molecule has 4 aliphatic heterocycles. The molecule has 2 bridgehead atoms. The fourth-order valence-corrected chi connectivity index (χ4v) is 7.36. The van der Waals surface area contributed by atoms with E-state index in [9.17, 15) is 9.59 Å². The van der Waals surface area contributed by atoms with Crippen LogP contribution in [0.1, 0.15) is 68.1 Å². The Bertz CT molecular complexity index is 1520. The smallest absolute Gasteiger partial charge is 0.270 e. The van der Waals surface area contributed by atoms with Gasteiger partial charge in [0.1, 0.15) is 5.69 Å². The zero-order chi connectivity index (χ0) is 32.1. The van der Waals surface area contributed by atoms with Crippen LogP contribution in [0.2, 0.25) is 0 Å². The Morgan fingerprint density at radius 3 is 2.37 bits per heavy atom. The monoisotopic (exact) mass is 630 g/mol. The number of ether oxygens (including phenoxy) is 1. The molecule has 5 fully saturated rings. The third kappa shape index (κ3) is 7.12. The summed E-state index contributed by atoms with van der Waals surface area (Å²) >= 11 is 0. The standard InChI is InChI=1S/C33H44N8O3.C2H6/c1-2-25-18-28-29(37-30(25)42)17-24(19-35-28)21-39-13-15-41(16-14-39)26-3-4-27(36-20-26)31(43)38-32-5-7-33(8-6-32,44-23-32)22-40-11-9-34-10-12-40;1-2/h3-4,17-20,34H,2,5-16,21-23H2,1H3,(H,37,42)(H,38,43);1-2H3. The molecule has 8 rings (SSSR count). The third-order valence-corrected chi connectivity index (χ3v) is 10.2. The van der Waals surface area contributed by atoms with Gasteiger partial charge >= 0.3 is 0 Å². The van der Waals surface area contributed by atoms with Crippen LogP contribution >= 0.6 is 0 Å². The van der Waals surface area contributed by atoms with Crippen molar-refractivity contribution in [1.82, 2.24) is 35.4 Å². The minimum absolute atomic E-state index is 0.0331. The first-order valence-corrected chi connectivity index (χ1v) is 17.3. The summed E-state index contributed by atoms with van der Waals surface area (Å²) in [5.41, 5.74) is 4.59. The van der Waals surface area contributed by atoms with E-state index >= 15 is 0 Å². The van der Waals surface area contributed by atoms with Crippen molar-refractivity contribution in [2.24, 2.45) is 0 Å². The highest BCUT2D eigenvalue weighted by Crippen LogP contribution is 2.44. The Balaban J connectivity index is 0.00000182. The number of fused-ring (bicyclic) bond motifs is 4. The lowest BCUT2D eigenvalue weighted by atomic mass is 9.70. The second-order valence-electron chi connectivity index (χ2n) is 13.2. The molecule has 0 atom stereocenters. The number of piperazine rings is 2. The van der Waals surface area contributed by atoms with Crippen LogP contribution in [0.4, 0.5) is 5.69 Å². The summed E-state index contributed by atoms with van der Waals surface area (Å²) in [6, 6.07) is 7.79. The van der Waals surface area contributed by atoms with Crippen LogP contribution < -0.4 is 21.1 Å². The average molecular weight is 631 g/mol. The van der Waals surface area contributed by atoms with Gasteiger partial charge in [0.05, 0.1) is 40.7 Å². The Morgan fingerprint density at radius 2 is 1.72 bits per heavy atom. The van der Waals surface area contributed by atoms with Gasteiger partial charge in [-0.15, -0.1) is 0 Å². The van der Waals surface area contributed by atoms with Crippen molar-refractivity contribution < 1.29 is 9.53 Å². The normalized spacial score (nSPS) is 25.2. The summed E-state index contributed by atoms with van der Waals surface area (Å²) < 4.78 is 6.46. The molecule has 1 amide bonds. The first-order chi connectivity index (χ1) is 22.4. The van der Waals surface area contributed by atoms with Gasteiger partial charge in [0.2, 0.25) is 0 Å². The van der Waals surface area contributed by atoms with Gasteiger partial charge in [0.15, 0.2) is 0 Å². The number of aromatic amines is 1. The Hall–Kier alpha value is -3.38. The highest BCUT2D eigenvalue weighted by Gasteiger charge is 2.51. The summed E-state index contributed by atoms with van der Waals surface area (Å²) in [4.78, 5) is 44.9. The maximum absolute atomic E-state index is 13.2. The van der Waals surface area contributed by atoms with Crippen molar-refractivity contribution in [1.29, 1.82) is 0 Å². The highest BCUT2D eigenvalue weighted by atomic mass is 16.5. The quantitative estimate of drug-likeness (QED) is 0.345. The first-order valence-electron chi connectivity index (χ1n) is 17.3. The molecule has 0 aromatic carbocycles. The van der Waals surface area contributed by atoms with Crippen molar-refractivity contribution in [2.45, 2.75) is 70.6 Å². The number of nitrogens with zero attached hydrogens (tertiary/aromatic N) is 5. The van der Waals surface area contributed by atoms with Gasteiger partial charge < -0.3 is 25.3 Å². The number of hydrogen-bond donors (Lipinski definition) is 3.